The van der Waals surface area contributed by atoms with Crippen molar-refractivity contribution in [1.29, 1.82) is 0 Å². The number of nitrogens with zero attached hydrogens (tertiary/aromatic N) is 2. The van der Waals surface area contributed by atoms with E-state index in [1.807, 2.05) is 24.3 Å². The highest BCUT2D eigenvalue weighted by Gasteiger charge is 2.20. The van der Waals surface area contributed by atoms with Crippen molar-refractivity contribution in [3.8, 4) is 11.5 Å². The number of benzene rings is 1. The topological polar surface area (TPSA) is 100 Å². The highest BCUT2D eigenvalue weighted by Crippen LogP contribution is 2.25. The molecule has 2 heterocycles. The monoisotopic (exact) mass is 433 g/mol. The number of nitrogens with one attached hydrogen (secondary N) is 1. The molecule has 1 aromatic carbocycles. The van der Waals surface area contributed by atoms with Gasteiger partial charge < -0.3 is 34.4 Å². The van der Waals surface area contributed by atoms with E-state index in [1.54, 1.807) is 7.11 Å². The molecule has 3 rings (SSSR count). The molecule has 2 aromatic rings. The van der Waals surface area contributed by atoms with Crippen molar-refractivity contribution in [3.63, 3.8) is 0 Å². The van der Waals surface area contributed by atoms with Gasteiger partial charge in [-0.2, -0.15) is 0 Å². The third kappa shape index (κ3) is 7.21. The zero-order valence-corrected chi connectivity index (χ0v) is 18.7. The van der Waals surface area contributed by atoms with Crippen molar-refractivity contribution < 1.29 is 24.2 Å². The Kier molecular flexibility index (Phi) is 8.71. The van der Waals surface area contributed by atoms with Crippen LogP contribution in [0.2, 0.25) is 0 Å². The Hall–Kier alpha value is -2.13. The van der Waals surface area contributed by atoms with E-state index < -0.39 is 6.10 Å². The summed E-state index contributed by atoms with van der Waals surface area (Å²) in [5.74, 6) is 2.58. The molecule has 31 heavy (non-hydrogen) atoms. The second-order valence-electron chi connectivity index (χ2n) is 8.45. The van der Waals surface area contributed by atoms with Crippen LogP contribution >= 0.6 is 0 Å². The van der Waals surface area contributed by atoms with Crippen LogP contribution in [0.3, 0.4) is 0 Å². The average molecular weight is 434 g/mol. The first-order valence-electron chi connectivity index (χ1n) is 11.0. The van der Waals surface area contributed by atoms with Crippen LogP contribution in [0.25, 0.3) is 0 Å². The second-order valence-corrected chi connectivity index (χ2v) is 8.45. The van der Waals surface area contributed by atoms with Crippen molar-refractivity contribution in [2.75, 3.05) is 33.4 Å². The van der Waals surface area contributed by atoms with Gasteiger partial charge in [-0.05, 0) is 37.0 Å². The highest BCUT2D eigenvalue weighted by molar-refractivity contribution is 5.40. The molecule has 0 spiro atoms. The fraction of sp³-hybridized carbons (Fsp3) is 0.609. The number of hydrogen-bond acceptors (Lipinski definition) is 8. The maximum Gasteiger partial charge on any atom is 0.150 e. The number of ether oxygens (including phenoxy) is 2. The molecule has 0 amide bonds. The molecular formula is C23H35N3O5. The summed E-state index contributed by atoms with van der Waals surface area (Å²) in [5.41, 5.74) is 1.88. The van der Waals surface area contributed by atoms with Crippen molar-refractivity contribution in [1.82, 2.24) is 15.4 Å². The maximum absolute atomic E-state index is 10.4. The molecule has 1 aliphatic rings. The van der Waals surface area contributed by atoms with Crippen LogP contribution in [-0.2, 0) is 13.1 Å². The van der Waals surface area contributed by atoms with Crippen LogP contribution in [0.5, 0.6) is 11.5 Å². The lowest BCUT2D eigenvalue weighted by atomic mass is 10.1. The van der Waals surface area contributed by atoms with E-state index in [4.69, 9.17) is 14.0 Å². The average Bonchev–Trinajstić information content (AvgIpc) is 3.24. The Balaban J connectivity index is 1.52. The SMILES string of the molecule is COc1ccc(OCC(O)CN2CCC(O)CC2)c(CNCc2cc(C(C)C)no2)c1. The molecule has 0 bridgehead atoms. The van der Waals surface area contributed by atoms with E-state index >= 15 is 0 Å². The van der Waals surface area contributed by atoms with E-state index in [0.717, 1.165) is 48.7 Å². The van der Waals surface area contributed by atoms with Gasteiger partial charge >= 0.3 is 0 Å². The number of aliphatic hydroxyl groups excluding tert-OH is 2. The summed E-state index contributed by atoms with van der Waals surface area (Å²) in [7, 11) is 1.63. The lowest BCUT2D eigenvalue weighted by molar-refractivity contribution is 0.0336. The summed E-state index contributed by atoms with van der Waals surface area (Å²) < 4.78 is 16.7. The fourth-order valence-electron chi connectivity index (χ4n) is 3.61. The Morgan fingerprint density at radius 3 is 2.68 bits per heavy atom. The van der Waals surface area contributed by atoms with Crippen molar-refractivity contribution in [3.05, 3.63) is 41.3 Å². The third-order valence-electron chi connectivity index (χ3n) is 5.51. The van der Waals surface area contributed by atoms with Gasteiger partial charge in [0, 0.05) is 37.8 Å². The largest absolute Gasteiger partial charge is 0.497 e. The molecule has 1 atom stereocenters. The van der Waals surface area contributed by atoms with Gasteiger partial charge in [-0.15, -0.1) is 0 Å². The quantitative estimate of drug-likeness (QED) is 0.496. The molecule has 1 fully saturated rings. The minimum Gasteiger partial charge on any atom is -0.497 e. The van der Waals surface area contributed by atoms with Crippen LogP contribution < -0.4 is 14.8 Å². The van der Waals surface area contributed by atoms with E-state index in [1.165, 1.54) is 0 Å². The summed E-state index contributed by atoms with van der Waals surface area (Å²) in [6.45, 7) is 7.63. The molecular weight excluding hydrogens is 398 g/mol. The van der Waals surface area contributed by atoms with Gasteiger partial charge in [-0.25, -0.2) is 0 Å². The molecule has 1 aliphatic heterocycles. The van der Waals surface area contributed by atoms with Crippen molar-refractivity contribution in [2.24, 2.45) is 0 Å². The molecule has 8 heteroatoms. The molecule has 8 nitrogen and oxygen atoms in total. The number of methoxy groups -OCH3 is 1. The van der Waals surface area contributed by atoms with Gasteiger partial charge in [-0.1, -0.05) is 19.0 Å². The van der Waals surface area contributed by atoms with Crippen LogP contribution in [-0.4, -0.2) is 65.8 Å². The minimum absolute atomic E-state index is 0.207. The smallest absolute Gasteiger partial charge is 0.150 e. The van der Waals surface area contributed by atoms with Crippen molar-refractivity contribution in [2.45, 2.75) is 57.9 Å². The zero-order valence-electron chi connectivity index (χ0n) is 18.7. The van der Waals surface area contributed by atoms with E-state index in [0.29, 0.717) is 31.3 Å². The zero-order chi connectivity index (χ0) is 22.2. The van der Waals surface area contributed by atoms with Gasteiger partial charge in [0.2, 0.25) is 0 Å². The summed E-state index contributed by atoms with van der Waals surface area (Å²) in [4.78, 5) is 2.17. The standard InChI is InChI=1S/C23H35N3O5/c1-16(2)22-11-21(31-25-22)13-24-12-17-10-20(29-3)4-5-23(17)30-15-19(28)14-26-8-6-18(27)7-9-26/h4-5,10-11,16,18-19,24,27-28H,6-9,12-15H2,1-3H3. The van der Waals surface area contributed by atoms with Gasteiger partial charge in [0.05, 0.1) is 25.5 Å². The number of rotatable bonds is 11. The third-order valence-corrected chi connectivity index (χ3v) is 5.51. The molecule has 0 radical (unpaired) electrons. The summed E-state index contributed by atoms with van der Waals surface area (Å²) >= 11 is 0. The number of aromatic nitrogens is 1. The van der Waals surface area contributed by atoms with Crippen LogP contribution in [0, 0.1) is 0 Å². The molecule has 3 N–H and O–H groups in total. The van der Waals surface area contributed by atoms with Gasteiger partial charge in [0.1, 0.15) is 24.2 Å². The molecule has 1 aromatic heterocycles. The van der Waals surface area contributed by atoms with E-state index in [2.05, 4.69) is 29.2 Å². The Morgan fingerprint density at radius 1 is 1.23 bits per heavy atom. The van der Waals surface area contributed by atoms with Gasteiger partial charge in [0.15, 0.2) is 5.76 Å². The summed E-state index contributed by atoms with van der Waals surface area (Å²) in [5, 5.41) is 27.5. The van der Waals surface area contributed by atoms with Crippen LogP contribution in [0.15, 0.2) is 28.8 Å². The van der Waals surface area contributed by atoms with Crippen molar-refractivity contribution >= 4 is 0 Å². The fourth-order valence-corrected chi connectivity index (χ4v) is 3.61. The summed E-state index contributed by atoms with van der Waals surface area (Å²) in [6.07, 6.45) is 0.701. The minimum atomic E-state index is -0.596. The normalized spacial score (nSPS) is 16.6. The Labute approximate surface area is 184 Å². The first-order chi connectivity index (χ1) is 14.9. The number of aliphatic hydroxyl groups is 2. The first kappa shape index (κ1) is 23.5. The predicted octanol–water partition coefficient (Wildman–Crippen LogP) is 2.29. The van der Waals surface area contributed by atoms with Gasteiger partial charge in [0.25, 0.3) is 0 Å². The molecule has 0 saturated carbocycles. The Morgan fingerprint density at radius 2 is 2.00 bits per heavy atom. The first-order valence-corrected chi connectivity index (χ1v) is 11.0. The number of β-amino-alcohol motifs (C(OH)–C–C–N with tert-alkyl or cyclic N) is 1. The molecule has 1 saturated heterocycles. The molecule has 1 unspecified atom stereocenters. The number of piperidine rings is 1. The molecule has 172 valence electrons. The summed E-state index contributed by atoms with van der Waals surface area (Å²) in [6, 6.07) is 7.62. The van der Waals surface area contributed by atoms with Crippen LogP contribution in [0.1, 0.15) is 49.6 Å². The Bertz CT molecular complexity index is 802. The second kappa shape index (κ2) is 11.5. The number of hydrogen-bond donors (Lipinski definition) is 3. The molecule has 0 aliphatic carbocycles. The predicted molar refractivity (Wildman–Crippen MR) is 117 cm³/mol. The lowest BCUT2D eigenvalue weighted by Crippen LogP contribution is -2.41. The van der Waals surface area contributed by atoms with E-state index in [9.17, 15) is 10.2 Å². The van der Waals surface area contributed by atoms with E-state index in [-0.39, 0.29) is 12.7 Å². The van der Waals surface area contributed by atoms with Gasteiger partial charge in [-0.3, -0.25) is 0 Å². The highest BCUT2D eigenvalue weighted by atomic mass is 16.5. The maximum atomic E-state index is 10.4. The van der Waals surface area contributed by atoms with Crippen LogP contribution in [0.4, 0.5) is 0 Å². The number of likely N-dealkylation sites (tertiary alicyclic amines) is 1. The lowest BCUT2D eigenvalue weighted by Gasteiger charge is -2.31.